The molecule has 3 nitrogen and oxygen atoms in total. The largest absolute Gasteiger partial charge is 0.299 e. The second-order valence-electron chi connectivity index (χ2n) is 6.04. The first-order valence-electron chi connectivity index (χ1n) is 7.80. The molecular weight excluding hydrogens is 284 g/mol. The molecule has 0 amide bonds. The molecule has 1 aromatic heterocycles. The molecule has 3 rings (SSSR count). The SMILES string of the molecule is CC(F)Cc1cc(-n2cc(CN3CCCC3)cn2)ccc1F. The molecule has 0 N–H and O–H groups in total. The van der Waals surface area contributed by atoms with Crippen LogP contribution in [0.15, 0.2) is 30.6 Å². The molecule has 1 atom stereocenters. The molecule has 5 heteroatoms. The molecule has 1 unspecified atom stereocenters. The maximum atomic E-state index is 13.7. The maximum Gasteiger partial charge on any atom is 0.126 e. The van der Waals surface area contributed by atoms with Gasteiger partial charge in [-0.2, -0.15) is 5.10 Å². The van der Waals surface area contributed by atoms with Gasteiger partial charge < -0.3 is 0 Å². The van der Waals surface area contributed by atoms with Gasteiger partial charge in [0.15, 0.2) is 0 Å². The van der Waals surface area contributed by atoms with Crippen molar-refractivity contribution in [3.8, 4) is 5.69 Å². The average Bonchev–Trinajstić information content (AvgIpc) is 3.13. The summed E-state index contributed by atoms with van der Waals surface area (Å²) >= 11 is 0. The van der Waals surface area contributed by atoms with Crippen LogP contribution >= 0.6 is 0 Å². The number of hydrogen-bond donors (Lipinski definition) is 0. The molecule has 0 bridgehead atoms. The van der Waals surface area contributed by atoms with Crippen LogP contribution in [-0.4, -0.2) is 33.9 Å². The highest BCUT2D eigenvalue weighted by Gasteiger charge is 2.13. The van der Waals surface area contributed by atoms with Crippen LogP contribution < -0.4 is 0 Å². The van der Waals surface area contributed by atoms with Crippen LogP contribution in [0, 0.1) is 5.82 Å². The minimum absolute atomic E-state index is 0.0849. The van der Waals surface area contributed by atoms with Gasteiger partial charge in [-0.25, -0.2) is 13.5 Å². The quantitative estimate of drug-likeness (QED) is 0.843. The van der Waals surface area contributed by atoms with Crippen molar-refractivity contribution in [3.05, 3.63) is 47.5 Å². The fourth-order valence-corrected chi connectivity index (χ4v) is 2.94. The number of alkyl halides is 1. The van der Waals surface area contributed by atoms with E-state index in [1.54, 1.807) is 16.8 Å². The second kappa shape index (κ2) is 6.57. The van der Waals surface area contributed by atoms with Gasteiger partial charge in [-0.1, -0.05) is 0 Å². The minimum Gasteiger partial charge on any atom is -0.299 e. The monoisotopic (exact) mass is 305 g/mol. The molecule has 1 aliphatic rings. The Hall–Kier alpha value is -1.75. The molecule has 0 aliphatic carbocycles. The number of rotatable bonds is 5. The van der Waals surface area contributed by atoms with Crippen LogP contribution in [0.1, 0.15) is 30.9 Å². The van der Waals surface area contributed by atoms with Crippen molar-refractivity contribution in [3.63, 3.8) is 0 Å². The molecule has 2 aromatic rings. The molecular formula is C17H21F2N3. The zero-order valence-corrected chi connectivity index (χ0v) is 12.8. The highest BCUT2D eigenvalue weighted by atomic mass is 19.1. The van der Waals surface area contributed by atoms with Crippen LogP contribution in [0.5, 0.6) is 0 Å². The summed E-state index contributed by atoms with van der Waals surface area (Å²) in [5.41, 5.74) is 2.31. The Morgan fingerprint density at radius 3 is 2.77 bits per heavy atom. The maximum absolute atomic E-state index is 13.7. The third kappa shape index (κ3) is 3.53. The van der Waals surface area contributed by atoms with Crippen molar-refractivity contribution in [1.29, 1.82) is 0 Å². The van der Waals surface area contributed by atoms with E-state index in [0.29, 0.717) is 5.56 Å². The predicted octanol–water partition coefficient (Wildman–Crippen LogP) is 3.51. The predicted molar refractivity (Wildman–Crippen MR) is 82.3 cm³/mol. The van der Waals surface area contributed by atoms with Crippen LogP contribution in [0.2, 0.25) is 0 Å². The van der Waals surface area contributed by atoms with Crippen LogP contribution in [-0.2, 0) is 13.0 Å². The average molecular weight is 305 g/mol. The van der Waals surface area contributed by atoms with Crippen LogP contribution in [0.25, 0.3) is 5.69 Å². The van der Waals surface area contributed by atoms with E-state index in [0.717, 1.165) is 30.9 Å². The molecule has 118 valence electrons. The van der Waals surface area contributed by atoms with Crippen molar-refractivity contribution in [2.75, 3.05) is 13.1 Å². The Kier molecular flexibility index (Phi) is 4.52. The molecule has 1 aromatic carbocycles. The molecule has 1 aliphatic heterocycles. The number of hydrogen-bond acceptors (Lipinski definition) is 2. The number of benzene rings is 1. The van der Waals surface area contributed by atoms with Crippen molar-refractivity contribution in [2.24, 2.45) is 0 Å². The van der Waals surface area contributed by atoms with Crippen molar-refractivity contribution in [1.82, 2.24) is 14.7 Å². The smallest absolute Gasteiger partial charge is 0.126 e. The zero-order chi connectivity index (χ0) is 15.5. The summed E-state index contributed by atoms with van der Waals surface area (Å²) in [5, 5.41) is 4.35. The first-order valence-corrected chi connectivity index (χ1v) is 7.80. The third-order valence-corrected chi connectivity index (χ3v) is 4.04. The van der Waals surface area contributed by atoms with Gasteiger partial charge in [0.05, 0.1) is 11.9 Å². The van der Waals surface area contributed by atoms with Gasteiger partial charge in [-0.05, 0) is 56.6 Å². The Bertz CT molecular complexity index is 631. The molecule has 0 radical (unpaired) electrons. The Labute approximate surface area is 129 Å². The number of aromatic nitrogens is 2. The van der Waals surface area contributed by atoms with Gasteiger partial charge >= 0.3 is 0 Å². The van der Waals surface area contributed by atoms with Gasteiger partial charge in [0.2, 0.25) is 0 Å². The fraction of sp³-hybridized carbons (Fsp3) is 0.471. The second-order valence-corrected chi connectivity index (χ2v) is 6.04. The Morgan fingerprint density at radius 2 is 2.05 bits per heavy atom. The fourth-order valence-electron chi connectivity index (χ4n) is 2.94. The lowest BCUT2D eigenvalue weighted by Gasteiger charge is -2.12. The highest BCUT2D eigenvalue weighted by molar-refractivity contribution is 5.37. The number of likely N-dealkylation sites (tertiary alicyclic amines) is 1. The van der Waals surface area contributed by atoms with E-state index in [1.807, 2.05) is 12.4 Å². The summed E-state index contributed by atoms with van der Waals surface area (Å²) in [4.78, 5) is 2.40. The highest BCUT2D eigenvalue weighted by Crippen LogP contribution is 2.18. The molecule has 0 saturated carbocycles. The van der Waals surface area contributed by atoms with Gasteiger partial charge in [0, 0.05) is 24.7 Å². The lowest BCUT2D eigenvalue weighted by Crippen LogP contribution is -2.17. The lowest BCUT2D eigenvalue weighted by atomic mass is 10.1. The first-order chi connectivity index (χ1) is 10.6. The van der Waals surface area contributed by atoms with Gasteiger partial charge in [0.25, 0.3) is 0 Å². The van der Waals surface area contributed by atoms with Crippen molar-refractivity contribution < 1.29 is 8.78 Å². The van der Waals surface area contributed by atoms with E-state index >= 15 is 0 Å². The molecule has 22 heavy (non-hydrogen) atoms. The standard InChI is InChI=1S/C17H21F2N3/c1-13(18)8-15-9-16(4-5-17(15)19)22-12-14(10-20-22)11-21-6-2-3-7-21/h4-5,9-10,12-13H,2-3,6-8,11H2,1H3. The summed E-state index contributed by atoms with van der Waals surface area (Å²) in [5.74, 6) is -0.363. The van der Waals surface area contributed by atoms with Gasteiger partial charge in [0.1, 0.15) is 12.0 Å². The Balaban J connectivity index is 1.77. The Morgan fingerprint density at radius 1 is 1.27 bits per heavy atom. The van der Waals surface area contributed by atoms with E-state index in [4.69, 9.17) is 0 Å². The zero-order valence-electron chi connectivity index (χ0n) is 12.8. The van der Waals surface area contributed by atoms with Crippen LogP contribution in [0.3, 0.4) is 0 Å². The summed E-state index contributed by atoms with van der Waals surface area (Å²) < 4.78 is 28.6. The topological polar surface area (TPSA) is 21.1 Å². The summed E-state index contributed by atoms with van der Waals surface area (Å²) in [6.45, 7) is 4.62. The summed E-state index contributed by atoms with van der Waals surface area (Å²) in [6, 6.07) is 4.74. The van der Waals surface area contributed by atoms with Gasteiger partial charge in [-0.3, -0.25) is 4.90 Å². The van der Waals surface area contributed by atoms with E-state index in [9.17, 15) is 8.78 Å². The normalized spacial score (nSPS) is 17.0. The molecule has 1 fully saturated rings. The first kappa shape index (κ1) is 15.2. The van der Waals surface area contributed by atoms with Crippen molar-refractivity contribution >= 4 is 0 Å². The van der Waals surface area contributed by atoms with Gasteiger partial charge in [-0.15, -0.1) is 0 Å². The van der Waals surface area contributed by atoms with E-state index in [2.05, 4.69) is 10.00 Å². The molecule has 0 spiro atoms. The number of halogens is 2. The third-order valence-electron chi connectivity index (χ3n) is 4.04. The molecule has 1 saturated heterocycles. The van der Waals surface area contributed by atoms with E-state index in [1.165, 1.54) is 25.8 Å². The van der Waals surface area contributed by atoms with E-state index < -0.39 is 6.17 Å². The van der Waals surface area contributed by atoms with Crippen molar-refractivity contribution in [2.45, 2.75) is 38.9 Å². The minimum atomic E-state index is -1.06. The summed E-state index contributed by atoms with van der Waals surface area (Å²) in [7, 11) is 0. The summed E-state index contributed by atoms with van der Waals surface area (Å²) in [6.07, 6.45) is 5.36. The van der Waals surface area contributed by atoms with E-state index in [-0.39, 0.29) is 12.2 Å². The lowest BCUT2D eigenvalue weighted by molar-refractivity contribution is 0.331. The number of nitrogens with zero attached hydrogens (tertiary/aromatic N) is 3. The molecule has 2 heterocycles. The van der Waals surface area contributed by atoms with Crippen LogP contribution in [0.4, 0.5) is 8.78 Å².